The molecule has 1 aliphatic carbocycles. The maximum atomic E-state index is 10.2. The van der Waals surface area contributed by atoms with Gasteiger partial charge < -0.3 is 9.84 Å². The molecular weight excluding hydrogens is 188 g/mol. The first-order chi connectivity index (χ1) is 7.25. The summed E-state index contributed by atoms with van der Waals surface area (Å²) >= 11 is 0. The maximum absolute atomic E-state index is 10.2. The highest BCUT2D eigenvalue weighted by Crippen LogP contribution is 2.34. The molecule has 0 bridgehead atoms. The average Bonchev–Trinajstić information content (AvgIpc) is 2.52. The first-order valence-electron chi connectivity index (χ1n) is 5.92. The van der Waals surface area contributed by atoms with Gasteiger partial charge in [0.2, 0.25) is 0 Å². The zero-order valence-electron chi connectivity index (χ0n) is 9.67. The first kappa shape index (κ1) is 12.5. The molecule has 1 aliphatic rings. The number of aliphatic hydroxyl groups excluding tert-OH is 1. The van der Waals surface area contributed by atoms with Crippen molar-refractivity contribution in [2.75, 3.05) is 7.11 Å². The standard InChI is InChI=1S/C13H22O2/c1-3-4-9-12(14)13(15-2)10-7-5-6-8-11-13/h1,12,14H,4-11H2,2H3. The van der Waals surface area contributed by atoms with Crippen LogP contribution in [0.4, 0.5) is 0 Å². The highest BCUT2D eigenvalue weighted by molar-refractivity contribution is 4.93. The molecule has 0 aliphatic heterocycles. The predicted octanol–water partition coefficient (Wildman–Crippen LogP) is 2.50. The van der Waals surface area contributed by atoms with Gasteiger partial charge in [-0.3, -0.25) is 0 Å². The van der Waals surface area contributed by atoms with E-state index < -0.39 is 6.10 Å². The van der Waals surface area contributed by atoms with Crippen LogP contribution in [0, 0.1) is 12.3 Å². The van der Waals surface area contributed by atoms with Crippen molar-refractivity contribution in [2.45, 2.75) is 63.1 Å². The van der Waals surface area contributed by atoms with Crippen molar-refractivity contribution in [1.29, 1.82) is 0 Å². The van der Waals surface area contributed by atoms with Crippen molar-refractivity contribution in [3.05, 3.63) is 0 Å². The van der Waals surface area contributed by atoms with Gasteiger partial charge in [0.25, 0.3) is 0 Å². The lowest BCUT2D eigenvalue weighted by Crippen LogP contribution is -2.43. The summed E-state index contributed by atoms with van der Waals surface area (Å²) in [5, 5.41) is 10.2. The number of terminal acetylenes is 1. The Kier molecular flexibility index (Phi) is 5.14. The van der Waals surface area contributed by atoms with Crippen molar-refractivity contribution >= 4 is 0 Å². The van der Waals surface area contributed by atoms with Gasteiger partial charge in [0.1, 0.15) is 0 Å². The molecule has 0 aromatic heterocycles. The zero-order valence-corrected chi connectivity index (χ0v) is 9.67. The van der Waals surface area contributed by atoms with E-state index in [0.29, 0.717) is 12.8 Å². The molecule has 15 heavy (non-hydrogen) atoms. The Hall–Kier alpha value is -0.520. The van der Waals surface area contributed by atoms with Crippen molar-refractivity contribution < 1.29 is 9.84 Å². The van der Waals surface area contributed by atoms with Gasteiger partial charge in [0.15, 0.2) is 0 Å². The largest absolute Gasteiger partial charge is 0.390 e. The molecule has 1 fully saturated rings. The SMILES string of the molecule is C#CCCC(O)C1(OC)CCCCCC1. The quantitative estimate of drug-likeness (QED) is 0.570. The Morgan fingerprint density at radius 1 is 1.33 bits per heavy atom. The van der Waals surface area contributed by atoms with E-state index in [1.807, 2.05) is 0 Å². The van der Waals surface area contributed by atoms with Gasteiger partial charge in [-0.2, -0.15) is 0 Å². The molecule has 0 spiro atoms. The van der Waals surface area contributed by atoms with Crippen LogP contribution >= 0.6 is 0 Å². The number of aliphatic hydroxyl groups is 1. The van der Waals surface area contributed by atoms with Crippen LogP contribution < -0.4 is 0 Å². The second-order valence-electron chi connectivity index (χ2n) is 4.44. The monoisotopic (exact) mass is 210 g/mol. The van der Waals surface area contributed by atoms with Crippen LogP contribution in [-0.4, -0.2) is 23.9 Å². The molecule has 1 saturated carbocycles. The lowest BCUT2D eigenvalue weighted by molar-refractivity contribution is -0.113. The van der Waals surface area contributed by atoms with E-state index in [4.69, 9.17) is 11.2 Å². The number of ether oxygens (including phenoxy) is 1. The fourth-order valence-electron chi connectivity index (χ4n) is 2.48. The van der Waals surface area contributed by atoms with Crippen LogP contribution in [0.2, 0.25) is 0 Å². The topological polar surface area (TPSA) is 29.5 Å². The molecule has 0 amide bonds. The molecule has 1 atom stereocenters. The summed E-state index contributed by atoms with van der Waals surface area (Å²) in [5.41, 5.74) is -0.326. The van der Waals surface area contributed by atoms with E-state index >= 15 is 0 Å². The van der Waals surface area contributed by atoms with E-state index in [-0.39, 0.29) is 5.60 Å². The molecule has 0 aromatic rings. The Labute approximate surface area is 93.0 Å². The van der Waals surface area contributed by atoms with Gasteiger partial charge in [-0.1, -0.05) is 25.7 Å². The van der Waals surface area contributed by atoms with Crippen molar-refractivity contribution in [1.82, 2.24) is 0 Å². The predicted molar refractivity (Wildman–Crippen MR) is 61.5 cm³/mol. The molecule has 0 saturated heterocycles. The molecular formula is C13H22O2. The highest BCUT2D eigenvalue weighted by Gasteiger charge is 2.37. The molecule has 0 radical (unpaired) electrons. The molecule has 0 heterocycles. The first-order valence-corrected chi connectivity index (χ1v) is 5.92. The Bertz CT molecular complexity index is 209. The lowest BCUT2D eigenvalue weighted by atomic mass is 9.86. The van der Waals surface area contributed by atoms with Crippen LogP contribution in [0.3, 0.4) is 0 Å². The lowest BCUT2D eigenvalue weighted by Gasteiger charge is -2.36. The molecule has 1 unspecified atom stereocenters. The van der Waals surface area contributed by atoms with Crippen LogP contribution in [0.5, 0.6) is 0 Å². The van der Waals surface area contributed by atoms with Gasteiger partial charge in [-0.15, -0.1) is 12.3 Å². The summed E-state index contributed by atoms with van der Waals surface area (Å²) in [6.45, 7) is 0. The summed E-state index contributed by atoms with van der Waals surface area (Å²) in [6, 6.07) is 0. The van der Waals surface area contributed by atoms with Crippen LogP contribution in [0.15, 0.2) is 0 Å². The second-order valence-corrected chi connectivity index (χ2v) is 4.44. The van der Waals surface area contributed by atoms with Crippen LogP contribution in [-0.2, 0) is 4.74 Å². The van der Waals surface area contributed by atoms with Crippen molar-refractivity contribution in [3.8, 4) is 12.3 Å². The third-order valence-electron chi connectivity index (χ3n) is 3.53. The number of hydrogen-bond donors (Lipinski definition) is 1. The van der Waals surface area contributed by atoms with E-state index in [1.165, 1.54) is 12.8 Å². The van der Waals surface area contributed by atoms with Crippen molar-refractivity contribution in [3.63, 3.8) is 0 Å². The third kappa shape index (κ3) is 3.22. The van der Waals surface area contributed by atoms with Crippen molar-refractivity contribution in [2.24, 2.45) is 0 Å². The van der Waals surface area contributed by atoms with Gasteiger partial charge in [-0.05, 0) is 19.3 Å². The summed E-state index contributed by atoms with van der Waals surface area (Å²) in [6.07, 6.45) is 12.9. The van der Waals surface area contributed by atoms with E-state index in [1.54, 1.807) is 7.11 Å². The van der Waals surface area contributed by atoms with E-state index in [2.05, 4.69) is 5.92 Å². The summed E-state index contributed by atoms with van der Waals surface area (Å²) in [7, 11) is 1.71. The third-order valence-corrected chi connectivity index (χ3v) is 3.53. The van der Waals surface area contributed by atoms with Crippen LogP contribution in [0.25, 0.3) is 0 Å². The number of methoxy groups -OCH3 is 1. The van der Waals surface area contributed by atoms with Gasteiger partial charge in [0.05, 0.1) is 11.7 Å². The average molecular weight is 210 g/mol. The minimum absolute atomic E-state index is 0.326. The minimum Gasteiger partial charge on any atom is -0.390 e. The van der Waals surface area contributed by atoms with E-state index in [9.17, 15) is 5.11 Å². The highest BCUT2D eigenvalue weighted by atomic mass is 16.5. The van der Waals surface area contributed by atoms with Gasteiger partial charge in [0, 0.05) is 13.5 Å². The Morgan fingerprint density at radius 3 is 2.40 bits per heavy atom. The zero-order chi connectivity index (χ0) is 11.1. The summed E-state index contributed by atoms with van der Waals surface area (Å²) < 4.78 is 5.60. The number of rotatable bonds is 4. The molecule has 86 valence electrons. The maximum Gasteiger partial charge on any atom is 0.0936 e. The molecule has 2 nitrogen and oxygen atoms in total. The summed E-state index contributed by atoms with van der Waals surface area (Å²) in [5.74, 6) is 2.58. The molecule has 2 heteroatoms. The summed E-state index contributed by atoms with van der Waals surface area (Å²) in [4.78, 5) is 0. The number of hydrogen-bond acceptors (Lipinski definition) is 2. The van der Waals surface area contributed by atoms with Gasteiger partial charge in [-0.25, -0.2) is 0 Å². The Balaban J connectivity index is 2.60. The smallest absolute Gasteiger partial charge is 0.0936 e. The fraction of sp³-hybridized carbons (Fsp3) is 0.846. The normalized spacial score (nSPS) is 22.7. The molecule has 1 rings (SSSR count). The molecule has 0 aromatic carbocycles. The van der Waals surface area contributed by atoms with E-state index in [0.717, 1.165) is 25.7 Å². The minimum atomic E-state index is -0.406. The fourth-order valence-corrected chi connectivity index (χ4v) is 2.48. The van der Waals surface area contributed by atoms with Crippen LogP contribution in [0.1, 0.15) is 51.4 Å². The molecule has 1 N–H and O–H groups in total. The second kappa shape index (κ2) is 6.15. The van der Waals surface area contributed by atoms with Gasteiger partial charge >= 0.3 is 0 Å². The Morgan fingerprint density at radius 2 is 1.93 bits per heavy atom.